The molecule has 0 radical (unpaired) electrons. The summed E-state index contributed by atoms with van der Waals surface area (Å²) >= 11 is 0. The lowest BCUT2D eigenvalue weighted by Crippen LogP contribution is -2.36. The van der Waals surface area contributed by atoms with Gasteiger partial charge in [0, 0.05) is 25.5 Å². The van der Waals surface area contributed by atoms with Crippen LogP contribution < -0.4 is 5.73 Å². The lowest BCUT2D eigenvalue weighted by Gasteiger charge is -2.32. The number of ether oxygens (including phenoxy) is 1. The van der Waals surface area contributed by atoms with Crippen molar-refractivity contribution in [3.05, 3.63) is 0 Å². The zero-order valence-electron chi connectivity index (χ0n) is 11.0. The summed E-state index contributed by atoms with van der Waals surface area (Å²) in [6.07, 6.45) is 7.11. The molecule has 106 valence electrons. The number of halogens is 2. The molecule has 1 aliphatic heterocycles. The zero-order chi connectivity index (χ0) is 13.0. The molecule has 2 nitrogen and oxygen atoms in total. The standard InChI is InChI=1S/C14H25F2NO/c15-14(16)8-6-11(7-9-14)13(17)5-1-3-12-4-2-10-18-12/h11-13H,1-10,17H2. The molecule has 2 atom stereocenters. The van der Waals surface area contributed by atoms with Crippen LogP contribution in [-0.4, -0.2) is 24.7 Å². The van der Waals surface area contributed by atoms with Gasteiger partial charge in [0.05, 0.1) is 6.10 Å². The van der Waals surface area contributed by atoms with Crippen LogP contribution in [0.3, 0.4) is 0 Å². The highest BCUT2D eigenvalue weighted by Crippen LogP contribution is 2.37. The molecule has 1 aliphatic carbocycles. The Morgan fingerprint density at radius 2 is 1.94 bits per heavy atom. The minimum absolute atomic E-state index is 0.0249. The van der Waals surface area contributed by atoms with E-state index in [0.717, 1.165) is 25.9 Å². The minimum Gasteiger partial charge on any atom is -0.378 e. The van der Waals surface area contributed by atoms with E-state index < -0.39 is 5.92 Å². The fourth-order valence-corrected chi connectivity index (χ4v) is 3.18. The van der Waals surface area contributed by atoms with Crippen LogP contribution in [-0.2, 0) is 4.74 Å². The van der Waals surface area contributed by atoms with Crippen molar-refractivity contribution in [2.24, 2.45) is 11.7 Å². The molecular weight excluding hydrogens is 236 g/mol. The smallest absolute Gasteiger partial charge is 0.248 e. The first-order valence-electron chi connectivity index (χ1n) is 7.32. The fourth-order valence-electron chi connectivity index (χ4n) is 3.18. The quantitative estimate of drug-likeness (QED) is 0.822. The SMILES string of the molecule is NC(CCCC1CCCO1)C1CCC(F)(F)CC1. The molecule has 0 spiro atoms. The van der Waals surface area contributed by atoms with Crippen molar-refractivity contribution in [2.75, 3.05) is 6.61 Å². The molecule has 0 amide bonds. The van der Waals surface area contributed by atoms with E-state index in [1.807, 2.05) is 0 Å². The van der Waals surface area contributed by atoms with Gasteiger partial charge in [0.2, 0.25) is 5.92 Å². The maximum atomic E-state index is 13.0. The Bertz CT molecular complexity index is 244. The van der Waals surface area contributed by atoms with Gasteiger partial charge >= 0.3 is 0 Å². The average molecular weight is 261 g/mol. The summed E-state index contributed by atoms with van der Waals surface area (Å²) in [7, 11) is 0. The van der Waals surface area contributed by atoms with Crippen LogP contribution in [0.25, 0.3) is 0 Å². The van der Waals surface area contributed by atoms with Gasteiger partial charge in [-0.15, -0.1) is 0 Å². The van der Waals surface area contributed by atoms with Crippen LogP contribution in [0.15, 0.2) is 0 Å². The van der Waals surface area contributed by atoms with Gasteiger partial charge in [0.15, 0.2) is 0 Å². The third-order valence-electron chi connectivity index (χ3n) is 4.45. The van der Waals surface area contributed by atoms with Crippen molar-refractivity contribution in [1.29, 1.82) is 0 Å². The van der Waals surface area contributed by atoms with Gasteiger partial charge in [-0.3, -0.25) is 0 Å². The lowest BCUT2D eigenvalue weighted by molar-refractivity contribution is -0.0485. The number of hydrogen-bond acceptors (Lipinski definition) is 2. The number of rotatable bonds is 5. The molecule has 2 aliphatic rings. The number of hydrogen-bond donors (Lipinski definition) is 1. The van der Waals surface area contributed by atoms with Crippen molar-refractivity contribution < 1.29 is 13.5 Å². The average Bonchev–Trinajstić information content (AvgIpc) is 2.82. The molecule has 2 unspecified atom stereocenters. The summed E-state index contributed by atoms with van der Waals surface area (Å²) in [4.78, 5) is 0. The Morgan fingerprint density at radius 1 is 1.22 bits per heavy atom. The normalized spacial score (nSPS) is 30.5. The summed E-state index contributed by atoms with van der Waals surface area (Å²) in [5.74, 6) is -2.14. The highest BCUT2D eigenvalue weighted by Gasteiger charge is 2.36. The van der Waals surface area contributed by atoms with Crippen LogP contribution in [0.5, 0.6) is 0 Å². The first kappa shape index (κ1) is 14.2. The van der Waals surface area contributed by atoms with Crippen molar-refractivity contribution in [1.82, 2.24) is 0 Å². The third kappa shape index (κ3) is 4.16. The van der Waals surface area contributed by atoms with Crippen LogP contribution in [0, 0.1) is 5.92 Å². The van der Waals surface area contributed by atoms with E-state index in [1.54, 1.807) is 0 Å². The molecule has 1 heterocycles. The van der Waals surface area contributed by atoms with Gasteiger partial charge in [-0.05, 0) is 50.9 Å². The van der Waals surface area contributed by atoms with Gasteiger partial charge in [0.25, 0.3) is 0 Å². The second-order valence-corrected chi connectivity index (χ2v) is 5.92. The van der Waals surface area contributed by atoms with E-state index in [0.29, 0.717) is 24.9 Å². The maximum absolute atomic E-state index is 13.0. The topological polar surface area (TPSA) is 35.2 Å². The fraction of sp³-hybridized carbons (Fsp3) is 1.00. The van der Waals surface area contributed by atoms with Gasteiger partial charge in [0.1, 0.15) is 0 Å². The zero-order valence-corrected chi connectivity index (χ0v) is 11.0. The van der Waals surface area contributed by atoms with Crippen molar-refractivity contribution in [3.8, 4) is 0 Å². The number of alkyl halides is 2. The summed E-state index contributed by atoms with van der Waals surface area (Å²) in [6.45, 7) is 0.897. The van der Waals surface area contributed by atoms with E-state index in [9.17, 15) is 8.78 Å². The lowest BCUT2D eigenvalue weighted by atomic mass is 9.81. The maximum Gasteiger partial charge on any atom is 0.248 e. The van der Waals surface area contributed by atoms with E-state index in [-0.39, 0.29) is 18.9 Å². The molecule has 1 saturated carbocycles. The molecule has 1 saturated heterocycles. The predicted molar refractivity (Wildman–Crippen MR) is 67.7 cm³/mol. The van der Waals surface area contributed by atoms with E-state index in [1.165, 1.54) is 12.8 Å². The summed E-state index contributed by atoms with van der Waals surface area (Å²) < 4.78 is 31.6. The van der Waals surface area contributed by atoms with Crippen LogP contribution in [0.2, 0.25) is 0 Å². The van der Waals surface area contributed by atoms with Gasteiger partial charge in [-0.25, -0.2) is 8.78 Å². The molecule has 0 aromatic carbocycles. The molecule has 4 heteroatoms. The first-order chi connectivity index (χ1) is 8.57. The van der Waals surface area contributed by atoms with Crippen molar-refractivity contribution >= 4 is 0 Å². The largest absolute Gasteiger partial charge is 0.378 e. The monoisotopic (exact) mass is 261 g/mol. The third-order valence-corrected chi connectivity index (χ3v) is 4.45. The first-order valence-corrected chi connectivity index (χ1v) is 7.32. The second-order valence-electron chi connectivity index (χ2n) is 5.92. The highest BCUT2D eigenvalue weighted by molar-refractivity contribution is 4.83. The van der Waals surface area contributed by atoms with Gasteiger partial charge in [-0.2, -0.15) is 0 Å². The Kier molecular flexibility index (Phi) is 4.96. The molecule has 18 heavy (non-hydrogen) atoms. The van der Waals surface area contributed by atoms with E-state index in [2.05, 4.69) is 0 Å². The van der Waals surface area contributed by atoms with Gasteiger partial charge < -0.3 is 10.5 Å². The molecule has 2 N–H and O–H groups in total. The van der Waals surface area contributed by atoms with Crippen LogP contribution in [0.1, 0.15) is 57.8 Å². The van der Waals surface area contributed by atoms with Crippen molar-refractivity contribution in [3.63, 3.8) is 0 Å². The van der Waals surface area contributed by atoms with E-state index >= 15 is 0 Å². The molecule has 0 bridgehead atoms. The minimum atomic E-state index is -2.44. The molecule has 0 aromatic heterocycles. The Morgan fingerprint density at radius 3 is 2.56 bits per heavy atom. The summed E-state index contributed by atoms with van der Waals surface area (Å²) in [5, 5.41) is 0. The summed E-state index contributed by atoms with van der Waals surface area (Å²) in [5.41, 5.74) is 6.14. The molecular formula is C14H25F2NO. The van der Waals surface area contributed by atoms with Crippen LogP contribution in [0.4, 0.5) is 8.78 Å². The highest BCUT2D eigenvalue weighted by atomic mass is 19.3. The van der Waals surface area contributed by atoms with Gasteiger partial charge in [-0.1, -0.05) is 0 Å². The van der Waals surface area contributed by atoms with Crippen LogP contribution >= 0.6 is 0 Å². The second kappa shape index (κ2) is 6.29. The molecule has 0 aromatic rings. The predicted octanol–water partition coefficient (Wildman–Crippen LogP) is 3.49. The van der Waals surface area contributed by atoms with Crippen molar-refractivity contribution in [2.45, 2.75) is 75.9 Å². The molecule has 2 fully saturated rings. The number of nitrogens with two attached hydrogens (primary N) is 1. The Balaban J connectivity index is 1.61. The van der Waals surface area contributed by atoms with E-state index in [4.69, 9.17) is 10.5 Å². The Labute approximate surface area is 108 Å². The molecule has 2 rings (SSSR count). The Hall–Kier alpha value is -0.220. The summed E-state index contributed by atoms with van der Waals surface area (Å²) in [6, 6.07) is 0.0995.